The molecule has 1 aromatic carbocycles. The highest BCUT2D eigenvalue weighted by Gasteiger charge is 2.13. The molecule has 0 spiro atoms. The first-order valence-corrected chi connectivity index (χ1v) is 8.48. The highest BCUT2D eigenvalue weighted by molar-refractivity contribution is 14.2. The number of rotatable bonds is 7. The number of hydrogen-bond donors (Lipinski definition) is 0. The van der Waals surface area contributed by atoms with E-state index in [1.54, 1.807) is 0 Å². The van der Waals surface area contributed by atoms with E-state index in [2.05, 4.69) is 33.3 Å². The zero-order chi connectivity index (χ0) is 11.8. The molecule has 0 heterocycles. The van der Waals surface area contributed by atoms with Gasteiger partial charge in [-0.2, -0.15) is 0 Å². The number of halogens is 1. The average molecular weight is 350 g/mol. The van der Waals surface area contributed by atoms with Crippen LogP contribution in [-0.4, -0.2) is 12.4 Å². The number of carbonyl (C=O) groups is 1. The van der Waals surface area contributed by atoms with Gasteiger partial charge in [-0.05, 0) is 25.3 Å². The average Bonchev–Trinajstić information content (AvgIpc) is 2.30. The fourth-order valence-electron chi connectivity index (χ4n) is 1.63. The molecule has 0 saturated heterocycles. The molecular weight excluding hydrogens is 335 g/mol. The maximum atomic E-state index is 11.0. The Morgan fingerprint density at radius 1 is 1.44 bits per heavy atom. The fourth-order valence-corrected chi connectivity index (χ4v) is 2.90. The molecule has 0 saturated carbocycles. The highest BCUT2D eigenvalue weighted by atomic mass is 127. The molecule has 0 fully saturated rings. The van der Waals surface area contributed by atoms with Gasteiger partial charge in [0.1, 0.15) is 6.29 Å². The monoisotopic (exact) mass is 350 g/mol. The number of hydrogen-bond acceptors (Lipinski definition) is 3. The minimum Gasteiger partial charge on any atom is -0.303 e. The van der Waals surface area contributed by atoms with Crippen molar-refractivity contribution in [1.29, 1.82) is 0 Å². The van der Waals surface area contributed by atoms with Gasteiger partial charge in [0, 0.05) is 27.1 Å². The van der Waals surface area contributed by atoms with Gasteiger partial charge in [0.15, 0.2) is 0 Å². The summed E-state index contributed by atoms with van der Waals surface area (Å²) in [7, 11) is 1.32. The standard InChI is InChI=1S/C12H15IO2S/c1-10(15-16-13)7-12(9-14)8-11-5-3-2-4-6-11/h2-6,9-10,12H,7-8H2,1H3. The van der Waals surface area contributed by atoms with Crippen molar-refractivity contribution in [2.45, 2.75) is 25.9 Å². The predicted octanol–water partition coefficient (Wildman–Crippen LogP) is 3.84. The third-order valence-corrected chi connectivity index (χ3v) is 3.39. The molecule has 88 valence electrons. The Bertz CT molecular complexity index is 305. The number of carbonyl (C=O) groups excluding carboxylic acids is 1. The lowest BCUT2D eigenvalue weighted by Crippen LogP contribution is -2.14. The molecule has 0 N–H and O–H groups in total. The Kier molecular flexibility index (Phi) is 7.07. The molecule has 1 aromatic rings. The summed E-state index contributed by atoms with van der Waals surface area (Å²) in [6.45, 7) is 1.99. The van der Waals surface area contributed by atoms with Gasteiger partial charge in [0.2, 0.25) is 0 Å². The molecular formula is C12H15IO2S. The summed E-state index contributed by atoms with van der Waals surface area (Å²) in [5.41, 5.74) is 1.20. The van der Waals surface area contributed by atoms with E-state index in [9.17, 15) is 4.79 Å². The molecule has 0 aliphatic carbocycles. The lowest BCUT2D eigenvalue weighted by Gasteiger charge is -2.14. The minimum absolute atomic E-state index is 0.0425. The van der Waals surface area contributed by atoms with E-state index in [4.69, 9.17) is 4.18 Å². The van der Waals surface area contributed by atoms with Crippen molar-refractivity contribution in [1.82, 2.24) is 0 Å². The number of benzene rings is 1. The van der Waals surface area contributed by atoms with Crippen molar-refractivity contribution < 1.29 is 8.98 Å². The first-order chi connectivity index (χ1) is 7.76. The van der Waals surface area contributed by atoms with Crippen molar-refractivity contribution in [3.8, 4) is 0 Å². The van der Waals surface area contributed by atoms with Crippen LogP contribution in [0.4, 0.5) is 0 Å². The minimum atomic E-state index is 0.0425. The summed E-state index contributed by atoms with van der Waals surface area (Å²) in [5, 5.41) is 0. The summed E-state index contributed by atoms with van der Waals surface area (Å²) in [5.74, 6) is 0.0425. The van der Waals surface area contributed by atoms with Crippen molar-refractivity contribution in [2.75, 3.05) is 0 Å². The second kappa shape index (κ2) is 8.08. The van der Waals surface area contributed by atoms with Crippen molar-refractivity contribution in [3.05, 3.63) is 35.9 Å². The fraction of sp³-hybridized carbons (Fsp3) is 0.417. The maximum absolute atomic E-state index is 11.0. The van der Waals surface area contributed by atoms with Gasteiger partial charge in [-0.1, -0.05) is 30.3 Å². The van der Waals surface area contributed by atoms with Crippen molar-refractivity contribution in [3.63, 3.8) is 0 Å². The normalized spacial score (nSPS) is 14.4. The van der Waals surface area contributed by atoms with Crippen LogP contribution < -0.4 is 0 Å². The molecule has 1 rings (SSSR count). The first kappa shape index (κ1) is 14.0. The van der Waals surface area contributed by atoms with Crippen LogP contribution in [0.1, 0.15) is 18.9 Å². The van der Waals surface area contributed by atoms with Gasteiger partial charge in [-0.3, -0.25) is 0 Å². The maximum Gasteiger partial charge on any atom is 0.123 e. The summed E-state index contributed by atoms with van der Waals surface area (Å²) >= 11 is 2.09. The third-order valence-electron chi connectivity index (χ3n) is 2.37. The summed E-state index contributed by atoms with van der Waals surface area (Å²) in [6.07, 6.45) is 2.71. The Hall–Kier alpha value is -0.0700. The molecule has 0 amide bonds. The van der Waals surface area contributed by atoms with E-state index >= 15 is 0 Å². The molecule has 0 aliphatic rings. The lowest BCUT2D eigenvalue weighted by atomic mass is 9.95. The quantitative estimate of drug-likeness (QED) is 0.425. The largest absolute Gasteiger partial charge is 0.303 e. The molecule has 0 aromatic heterocycles. The smallest absolute Gasteiger partial charge is 0.123 e. The van der Waals surface area contributed by atoms with Gasteiger partial charge in [0.05, 0.1) is 15.3 Å². The van der Waals surface area contributed by atoms with Gasteiger partial charge in [-0.15, -0.1) is 0 Å². The zero-order valence-electron chi connectivity index (χ0n) is 9.14. The summed E-state index contributed by atoms with van der Waals surface area (Å²) in [6, 6.07) is 10.1. The highest BCUT2D eigenvalue weighted by Crippen LogP contribution is 2.21. The molecule has 2 nitrogen and oxygen atoms in total. The van der Waals surface area contributed by atoms with E-state index in [0.717, 1.165) is 19.1 Å². The molecule has 0 aliphatic heterocycles. The molecule has 16 heavy (non-hydrogen) atoms. The van der Waals surface area contributed by atoms with Crippen LogP contribution in [0.2, 0.25) is 0 Å². The Labute approximate surface area is 113 Å². The second-order valence-corrected chi connectivity index (χ2v) is 5.19. The molecule has 2 unspecified atom stereocenters. The third kappa shape index (κ3) is 5.32. The van der Waals surface area contributed by atoms with Crippen molar-refractivity contribution >= 4 is 36.7 Å². The second-order valence-electron chi connectivity index (χ2n) is 3.79. The van der Waals surface area contributed by atoms with Crippen LogP contribution in [0.15, 0.2) is 30.3 Å². The van der Waals surface area contributed by atoms with E-state index in [1.165, 1.54) is 14.8 Å². The van der Waals surface area contributed by atoms with Gasteiger partial charge >= 0.3 is 0 Å². The molecule has 2 atom stereocenters. The SMILES string of the molecule is CC(CC(C=O)Cc1ccccc1)OSI. The zero-order valence-corrected chi connectivity index (χ0v) is 12.1. The van der Waals surface area contributed by atoms with E-state index in [0.29, 0.717) is 0 Å². The summed E-state index contributed by atoms with van der Waals surface area (Å²) in [4.78, 5) is 11.0. The molecule has 0 bridgehead atoms. The molecule has 4 heteroatoms. The van der Waals surface area contributed by atoms with E-state index < -0.39 is 0 Å². The van der Waals surface area contributed by atoms with Crippen LogP contribution in [0.5, 0.6) is 0 Å². The predicted molar refractivity (Wildman–Crippen MR) is 76.5 cm³/mol. The molecule has 0 radical (unpaired) electrons. The lowest BCUT2D eigenvalue weighted by molar-refractivity contribution is -0.111. The van der Waals surface area contributed by atoms with Crippen molar-refractivity contribution in [2.24, 2.45) is 5.92 Å². The number of aldehydes is 1. The van der Waals surface area contributed by atoms with Crippen LogP contribution >= 0.6 is 30.4 Å². The Morgan fingerprint density at radius 3 is 2.69 bits per heavy atom. The van der Waals surface area contributed by atoms with Gasteiger partial charge in [-0.25, -0.2) is 0 Å². The van der Waals surface area contributed by atoms with Crippen LogP contribution in [0, 0.1) is 5.92 Å². The van der Waals surface area contributed by atoms with Crippen LogP contribution in [-0.2, 0) is 15.4 Å². The topological polar surface area (TPSA) is 26.3 Å². The van der Waals surface area contributed by atoms with Crippen LogP contribution in [0.25, 0.3) is 0 Å². The Balaban J connectivity index is 2.46. The first-order valence-electron chi connectivity index (χ1n) is 5.19. The van der Waals surface area contributed by atoms with Crippen LogP contribution in [0.3, 0.4) is 0 Å². The van der Waals surface area contributed by atoms with E-state index in [-0.39, 0.29) is 12.0 Å². The van der Waals surface area contributed by atoms with Gasteiger partial charge < -0.3 is 8.98 Å². The van der Waals surface area contributed by atoms with Gasteiger partial charge in [0.25, 0.3) is 0 Å². The van der Waals surface area contributed by atoms with E-state index in [1.807, 2.05) is 25.1 Å². The summed E-state index contributed by atoms with van der Waals surface area (Å²) < 4.78 is 5.36. The Morgan fingerprint density at radius 2 is 2.12 bits per heavy atom.